The minimum atomic E-state index is 0.681. The zero-order valence-corrected chi connectivity index (χ0v) is 9.27. The Bertz CT molecular complexity index is 400. The van der Waals surface area contributed by atoms with Crippen molar-refractivity contribution in [2.45, 2.75) is 13.5 Å². The predicted octanol–water partition coefficient (Wildman–Crippen LogP) is 2.58. The number of rotatable bonds is 3. The van der Waals surface area contributed by atoms with E-state index in [-0.39, 0.29) is 0 Å². The van der Waals surface area contributed by atoms with E-state index >= 15 is 0 Å². The Morgan fingerprint density at radius 1 is 1.12 bits per heavy atom. The van der Waals surface area contributed by atoms with Crippen molar-refractivity contribution in [3.05, 3.63) is 53.7 Å². The molecule has 0 amide bonds. The van der Waals surface area contributed by atoms with Crippen LogP contribution in [-0.4, -0.2) is 4.98 Å². The Hall–Kier alpha value is -2.03. The van der Waals surface area contributed by atoms with E-state index in [0.29, 0.717) is 5.69 Å². The van der Waals surface area contributed by atoms with Gasteiger partial charge < -0.3 is 11.1 Å². The summed E-state index contributed by atoms with van der Waals surface area (Å²) in [5.74, 6) is 0.842. The second-order valence-corrected chi connectivity index (χ2v) is 3.82. The van der Waals surface area contributed by atoms with Gasteiger partial charge in [0.1, 0.15) is 5.82 Å². The largest absolute Gasteiger partial charge is 0.397 e. The molecule has 3 N–H and O–H groups in total. The number of nitrogen functional groups attached to an aromatic ring is 1. The normalized spacial score (nSPS) is 10.1. The molecule has 0 saturated heterocycles. The summed E-state index contributed by atoms with van der Waals surface area (Å²) in [7, 11) is 0. The molecule has 16 heavy (non-hydrogen) atoms. The van der Waals surface area contributed by atoms with Crippen LogP contribution in [0.3, 0.4) is 0 Å². The summed E-state index contributed by atoms with van der Waals surface area (Å²) in [6.45, 7) is 2.86. The SMILES string of the molecule is Cc1ccc(CNc2ccc(N)cn2)cc1. The lowest BCUT2D eigenvalue weighted by molar-refractivity contribution is 1.11. The standard InChI is InChI=1S/C13H15N3/c1-10-2-4-11(5-3-10)8-15-13-7-6-12(14)9-16-13/h2-7,9H,8,14H2,1H3,(H,15,16). The number of nitrogens with zero attached hydrogens (tertiary/aromatic N) is 1. The topological polar surface area (TPSA) is 50.9 Å². The van der Waals surface area contributed by atoms with Gasteiger partial charge in [0.2, 0.25) is 0 Å². The predicted molar refractivity (Wildman–Crippen MR) is 67.2 cm³/mol. The molecule has 1 aromatic heterocycles. The smallest absolute Gasteiger partial charge is 0.126 e. The summed E-state index contributed by atoms with van der Waals surface area (Å²) in [4.78, 5) is 4.17. The number of aromatic nitrogens is 1. The second kappa shape index (κ2) is 4.66. The molecule has 0 unspecified atom stereocenters. The van der Waals surface area contributed by atoms with Crippen molar-refractivity contribution in [3.8, 4) is 0 Å². The molecular weight excluding hydrogens is 198 g/mol. The van der Waals surface area contributed by atoms with E-state index in [1.165, 1.54) is 11.1 Å². The highest BCUT2D eigenvalue weighted by Gasteiger charge is 1.94. The van der Waals surface area contributed by atoms with Crippen molar-refractivity contribution in [1.29, 1.82) is 0 Å². The number of hydrogen-bond donors (Lipinski definition) is 2. The first-order chi connectivity index (χ1) is 7.74. The maximum Gasteiger partial charge on any atom is 0.126 e. The maximum atomic E-state index is 5.56. The first kappa shape index (κ1) is 10.5. The molecule has 0 saturated carbocycles. The van der Waals surface area contributed by atoms with Crippen molar-refractivity contribution in [3.63, 3.8) is 0 Å². The van der Waals surface area contributed by atoms with Crippen LogP contribution in [-0.2, 0) is 6.54 Å². The van der Waals surface area contributed by atoms with Crippen molar-refractivity contribution in [2.75, 3.05) is 11.1 Å². The van der Waals surface area contributed by atoms with E-state index in [2.05, 4.69) is 41.5 Å². The van der Waals surface area contributed by atoms with Gasteiger partial charge in [0, 0.05) is 6.54 Å². The summed E-state index contributed by atoms with van der Waals surface area (Å²) in [6.07, 6.45) is 1.65. The number of pyridine rings is 1. The van der Waals surface area contributed by atoms with Crippen molar-refractivity contribution >= 4 is 11.5 Å². The zero-order chi connectivity index (χ0) is 11.4. The van der Waals surface area contributed by atoms with E-state index < -0.39 is 0 Å². The van der Waals surface area contributed by atoms with Gasteiger partial charge in [-0.2, -0.15) is 0 Å². The third-order valence-electron chi connectivity index (χ3n) is 2.38. The highest BCUT2D eigenvalue weighted by molar-refractivity contribution is 5.44. The molecule has 0 spiro atoms. The highest BCUT2D eigenvalue weighted by Crippen LogP contribution is 2.09. The van der Waals surface area contributed by atoms with E-state index in [9.17, 15) is 0 Å². The van der Waals surface area contributed by atoms with Crippen LogP contribution in [0, 0.1) is 6.92 Å². The zero-order valence-electron chi connectivity index (χ0n) is 9.27. The lowest BCUT2D eigenvalue weighted by Crippen LogP contribution is -2.01. The molecule has 0 radical (unpaired) electrons. The van der Waals surface area contributed by atoms with Gasteiger partial charge in [-0.1, -0.05) is 29.8 Å². The van der Waals surface area contributed by atoms with Gasteiger partial charge in [-0.3, -0.25) is 0 Å². The van der Waals surface area contributed by atoms with Gasteiger partial charge >= 0.3 is 0 Å². The van der Waals surface area contributed by atoms with Gasteiger partial charge in [0.25, 0.3) is 0 Å². The number of nitrogens with two attached hydrogens (primary N) is 1. The summed E-state index contributed by atoms with van der Waals surface area (Å²) in [6, 6.07) is 12.1. The average Bonchev–Trinajstić information content (AvgIpc) is 2.30. The maximum absolute atomic E-state index is 5.56. The van der Waals surface area contributed by atoms with Crippen LogP contribution in [0.15, 0.2) is 42.6 Å². The van der Waals surface area contributed by atoms with Gasteiger partial charge in [-0.05, 0) is 24.6 Å². The fourth-order valence-electron chi connectivity index (χ4n) is 1.41. The quantitative estimate of drug-likeness (QED) is 0.824. The van der Waals surface area contributed by atoms with Crippen LogP contribution >= 0.6 is 0 Å². The number of aryl methyl sites for hydroxylation is 1. The Morgan fingerprint density at radius 2 is 1.88 bits per heavy atom. The molecule has 0 bridgehead atoms. The van der Waals surface area contributed by atoms with Gasteiger partial charge in [0.05, 0.1) is 11.9 Å². The molecule has 3 nitrogen and oxygen atoms in total. The lowest BCUT2D eigenvalue weighted by atomic mass is 10.1. The second-order valence-electron chi connectivity index (χ2n) is 3.82. The van der Waals surface area contributed by atoms with Gasteiger partial charge in [-0.25, -0.2) is 4.98 Å². The van der Waals surface area contributed by atoms with Crippen molar-refractivity contribution < 1.29 is 0 Å². The monoisotopic (exact) mass is 213 g/mol. The summed E-state index contributed by atoms with van der Waals surface area (Å²) < 4.78 is 0. The van der Waals surface area contributed by atoms with E-state index in [1.807, 2.05) is 12.1 Å². The molecule has 0 fully saturated rings. The first-order valence-corrected chi connectivity index (χ1v) is 5.25. The molecule has 1 heterocycles. The minimum absolute atomic E-state index is 0.681. The third-order valence-corrected chi connectivity index (χ3v) is 2.38. The van der Waals surface area contributed by atoms with Crippen molar-refractivity contribution in [1.82, 2.24) is 4.98 Å². The lowest BCUT2D eigenvalue weighted by Gasteiger charge is -2.06. The van der Waals surface area contributed by atoms with Crippen LogP contribution in [0.5, 0.6) is 0 Å². The molecule has 3 heteroatoms. The highest BCUT2D eigenvalue weighted by atomic mass is 15.0. The Labute approximate surface area is 95.3 Å². The van der Waals surface area contributed by atoms with Crippen LogP contribution in [0.2, 0.25) is 0 Å². The number of benzene rings is 1. The van der Waals surface area contributed by atoms with Crippen LogP contribution < -0.4 is 11.1 Å². The van der Waals surface area contributed by atoms with Crippen LogP contribution in [0.4, 0.5) is 11.5 Å². The Kier molecular flexibility index (Phi) is 3.05. The summed E-state index contributed by atoms with van der Waals surface area (Å²) in [5, 5.41) is 3.24. The number of anilines is 2. The van der Waals surface area contributed by atoms with Crippen molar-refractivity contribution in [2.24, 2.45) is 0 Å². The first-order valence-electron chi connectivity index (χ1n) is 5.25. The van der Waals surface area contributed by atoms with Gasteiger partial charge in [-0.15, -0.1) is 0 Å². The number of nitrogens with one attached hydrogen (secondary N) is 1. The molecule has 0 aliphatic heterocycles. The van der Waals surface area contributed by atoms with E-state index in [0.717, 1.165) is 12.4 Å². The third kappa shape index (κ3) is 2.73. The fourth-order valence-corrected chi connectivity index (χ4v) is 1.41. The molecular formula is C13H15N3. The summed E-state index contributed by atoms with van der Waals surface area (Å²) in [5.41, 5.74) is 8.75. The van der Waals surface area contributed by atoms with E-state index in [4.69, 9.17) is 5.73 Å². The Balaban J connectivity index is 1.97. The minimum Gasteiger partial charge on any atom is -0.397 e. The molecule has 1 aromatic carbocycles. The molecule has 82 valence electrons. The molecule has 0 aliphatic rings. The molecule has 0 aliphatic carbocycles. The molecule has 2 rings (SSSR count). The number of hydrogen-bond acceptors (Lipinski definition) is 3. The van der Waals surface area contributed by atoms with Crippen LogP contribution in [0.1, 0.15) is 11.1 Å². The van der Waals surface area contributed by atoms with Crippen LogP contribution in [0.25, 0.3) is 0 Å². The molecule has 0 atom stereocenters. The molecule has 2 aromatic rings. The summed E-state index contributed by atoms with van der Waals surface area (Å²) >= 11 is 0. The van der Waals surface area contributed by atoms with Gasteiger partial charge in [0.15, 0.2) is 0 Å². The average molecular weight is 213 g/mol. The van der Waals surface area contributed by atoms with E-state index in [1.54, 1.807) is 6.20 Å². The fraction of sp³-hybridized carbons (Fsp3) is 0.154. The Morgan fingerprint density at radius 3 is 2.50 bits per heavy atom.